The maximum Gasteiger partial charge on any atom is 0.410 e. The maximum atomic E-state index is 13.0. The van der Waals surface area contributed by atoms with Gasteiger partial charge in [0, 0.05) is 44.8 Å². The lowest BCUT2D eigenvalue weighted by atomic mass is 10.1. The second-order valence-electron chi connectivity index (χ2n) is 8.77. The van der Waals surface area contributed by atoms with Gasteiger partial charge < -0.3 is 19.3 Å². The van der Waals surface area contributed by atoms with Crippen molar-refractivity contribution in [2.75, 3.05) is 38.2 Å². The zero-order valence-corrected chi connectivity index (χ0v) is 19.2. The van der Waals surface area contributed by atoms with Crippen LogP contribution in [0.4, 0.5) is 10.6 Å². The van der Waals surface area contributed by atoms with E-state index in [-0.39, 0.29) is 24.3 Å². The molecule has 2 fully saturated rings. The molecule has 2 aliphatic rings. The summed E-state index contributed by atoms with van der Waals surface area (Å²) < 4.78 is 11.1. The summed E-state index contributed by atoms with van der Waals surface area (Å²) in [7, 11) is 1.58. The average Bonchev–Trinajstić information content (AvgIpc) is 2.82. The van der Waals surface area contributed by atoms with E-state index in [0.717, 1.165) is 38.3 Å². The highest BCUT2D eigenvalue weighted by atomic mass is 16.6. The van der Waals surface area contributed by atoms with Crippen LogP contribution in [0, 0.1) is 0 Å². The largest absolute Gasteiger partial charge is 0.480 e. The number of piperazine rings is 1. The predicted octanol–water partition coefficient (Wildman–Crippen LogP) is 3.19. The van der Waals surface area contributed by atoms with Crippen LogP contribution in [0.1, 0.15) is 32.3 Å². The minimum absolute atomic E-state index is 0.0145. The van der Waals surface area contributed by atoms with Crippen molar-refractivity contribution in [3.63, 3.8) is 0 Å². The van der Waals surface area contributed by atoms with Crippen LogP contribution in [0.3, 0.4) is 0 Å². The van der Waals surface area contributed by atoms with E-state index in [9.17, 15) is 4.79 Å². The molecule has 172 valence electrons. The first kappa shape index (κ1) is 22.3. The Morgan fingerprint density at radius 1 is 1.06 bits per heavy atom. The van der Waals surface area contributed by atoms with Crippen LogP contribution in [0.25, 0.3) is 0 Å². The van der Waals surface area contributed by atoms with Crippen molar-refractivity contribution in [3.8, 4) is 5.88 Å². The van der Waals surface area contributed by atoms with Gasteiger partial charge in [-0.15, -0.1) is 0 Å². The monoisotopic (exact) mass is 439 g/mol. The third-order valence-electron chi connectivity index (χ3n) is 6.37. The number of hydrogen-bond acceptors (Lipinski definition) is 7. The van der Waals surface area contributed by atoms with Crippen molar-refractivity contribution in [1.82, 2.24) is 19.8 Å². The molecule has 32 heavy (non-hydrogen) atoms. The van der Waals surface area contributed by atoms with Gasteiger partial charge in [-0.1, -0.05) is 30.3 Å². The molecular formula is C24H33N5O3. The van der Waals surface area contributed by atoms with E-state index in [4.69, 9.17) is 9.47 Å². The summed E-state index contributed by atoms with van der Waals surface area (Å²) in [5.41, 5.74) is 1.32. The highest BCUT2D eigenvalue weighted by molar-refractivity contribution is 5.69. The lowest BCUT2D eigenvalue weighted by molar-refractivity contribution is 0.0166. The molecule has 2 saturated heterocycles. The fraction of sp³-hybridized carbons (Fsp3) is 0.542. The van der Waals surface area contributed by atoms with E-state index >= 15 is 0 Å². The lowest BCUT2D eigenvalue weighted by Crippen LogP contribution is -2.59. The standard InChI is InChI=1S/C24H33N5O3/c1-18-16-29(19(2)15-28(18)22-13-25-14-23(26-22)31-3)24(30)32-21-9-11-27(12-10-21)17-20-7-5-4-6-8-20/h4-8,13-14,18-19,21H,9-12,15-17H2,1-3H3/t18-,19-/m1/s1. The quantitative estimate of drug-likeness (QED) is 0.709. The van der Waals surface area contributed by atoms with E-state index in [1.807, 2.05) is 11.0 Å². The molecule has 1 aromatic carbocycles. The third kappa shape index (κ3) is 5.30. The minimum Gasteiger partial charge on any atom is -0.480 e. The van der Waals surface area contributed by atoms with Gasteiger partial charge in [0.15, 0.2) is 5.82 Å². The molecule has 8 nitrogen and oxygen atoms in total. The Kier molecular flexibility index (Phi) is 7.09. The Hall–Kier alpha value is -2.87. The van der Waals surface area contributed by atoms with Crippen LogP contribution < -0.4 is 9.64 Å². The second kappa shape index (κ2) is 10.2. The number of carbonyl (C=O) groups is 1. The molecule has 0 aliphatic carbocycles. The summed E-state index contributed by atoms with van der Waals surface area (Å²) in [5, 5.41) is 0. The van der Waals surface area contributed by atoms with E-state index in [1.165, 1.54) is 5.56 Å². The second-order valence-corrected chi connectivity index (χ2v) is 8.77. The number of aromatic nitrogens is 2. The van der Waals surface area contributed by atoms with Gasteiger partial charge in [-0.05, 0) is 32.3 Å². The summed E-state index contributed by atoms with van der Waals surface area (Å²) in [6, 6.07) is 10.6. The molecule has 2 aliphatic heterocycles. The molecule has 1 aromatic heterocycles. The molecule has 3 heterocycles. The molecule has 0 unspecified atom stereocenters. The normalized spacial score (nSPS) is 22.6. The van der Waals surface area contributed by atoms with Gasteiger partial charge in [0.2, 0.25) is 5.88 Å². The topological polar surface area (TPSA) is 71.0 Å². The first-order chi connectivity index (χ1) is 15.5. The Labute approximate surface area is 190 Å². The summed E-state index contributed by atoms with van der Waals surface area (Å²) >= 11 is 0. The minimum atomic E-state index is -0.206. The number of ether oxygens (including phenoxy) is 2. The van der Waals surface area contributed by atoms with Gasteiger partial charge in [0.25, 0.3) is 0 Å². The number of benzene rings is 1. The molecule has 0 bridgehead atoms. The molecule has 2 atom stereocenters. The molecule has 2 aromatic rings. The number of carbonyl (C=O) groups excluding carboxylic acids is 1. The van der Waals surface area contributed by atoms with Crippen molar-refractivity contribution < 1.29 is 14.3 Å². The van der Waals surface area contributed by atoms with Crippen LogP contribution >= 0.6 is 0 Å². The first-order valence-corrected chi connectivity index (χ1v) is 11.4. The Morgan fingerprint density at radius 3 is 2.53 bits per heavy atom. The zero-order chi connectivity index (χ0) is 22.5. The van der Waals surface area contributed by atoms with E-state index < -0.39 is 0 Å². The Bertz CT molecular complexity index is 888. The third-order valence-corrected chi connectivity index (χ3v) is 6.37. The smallest absolute Gasteiger partial charge is 0.410 e. The van der Waals surface area contributed by atoms with E-state index in [2.05, 4.69) is 57.9 Å². The number of anilines is 1. The molecule has 0 spiro atoms. The van der Waals surface area contributed by atoms with E-state index in [1.54, 1.807) is 19.5 Å². The van der Waals surface area contributed by atoms with Crippen molar-refractivity contribution in [1.29, 1.82) is 0 Å². The van der Waals surface area contributed by atoms with Gasteiger partial charge in [0.05, 0.1) is 19.5 Å². The van der Waals surface area contributed by atoms with Gasteiger partial charge in [-0.3, -0.25) is 9.88 Å². The highest BCUT2D eigenvalue weighted by Gasteiger charge is 2.35. The number of piperidine rings is 1. The van der Waals surface area contributed by atoms with Gasteiger partial charge in [-0.25, -0.2) is 4.79 Å². The fourth-order valence-electron chi connectivity index (χ4n) is 4.51. The fourth-order valence-corrected chi connectivity index (χ4v) is 4.51. The summed E-state index contributed by atoms with van der Waals surface area (Å²) in [5.74, 6) is 1.25. The van der Waals surface area contributed by atoms with Gasteiger partial charge in [-0.2, -0.15) is 4.98 Å². The molecule has 0 radical (unpaired) electrons. The Balaban J connectivity index is 1.28. The van der Waals surface area contributed by atoms with Gasteiger partial charge >= 0.3 is 6.09 Å². The van der Waals surface area contributed by atoms with Crippen molar-refractivity contribution >= 4 is 11.9 Å². The lowest BCUT2D eigenvalue weighted by Gasteiger charge is -2.44. The van der Waals surface area contributed by atoms with Crippen LogP contribution in [0.15, 0.2) is 42.7 Å². The number of amides is 1. The van der Waals surface area contributed by atoms with Gasteiger partial charge in [0.1, 0.15) is 6.10 Å². The predicted molar refractivity (Wildman–Crippen MR) is 123 cm³/mol. The molecule has 1 amide bonds. The first-order valence-electron chi connectivity index (χ1n) is 11.4. The molecule has 4 rings (SSSR count). The summed E-state index contributed by atoms with van der Waals surface area (Å²) in [4.78, 5) is 28.1. The summed E-state index contributed by atoms with van der Waals surface area (Å²) in [6.45, 7) is 8.25. The summed E-state index contributed by atoms with van der Waals surface area (Å²) in [6.07, 6.45) is 4.87. The molecule has 8 heteroatoms. The molecular weight excluding hydrogens is 406 g/mol. The van der Waals surface area contributed by atoms with E-state index in [0.29, 0.717) is 19.0 Å². The zero-order valence-electron chi connectivity index (χ0n) is 19.2. The van der Waals surface area contributed by atoms with Crippen molar-refractivity contribution in [3.05, 3.63) is 48.3 Å². The SMILES string of the molecule is COc1cncc(N2C[C@@H](C)N(C(=O)OC3CCN(Cc4ccccc4)CC3)C[C@H]2C)n1. The Morgan fingerprint density at radius 2 is 1.81 bits per heavy atom. The highest BCUT2D eigenvalue weighted by Crippen LogP contribution is 2.24. The molecule has 0 saturated carbocycles. The van der Waals surface area contributed by atoms with Crippen LogP contribution in [-0.4, -0.2) is 77.3 Å². The van der Waals surface area contributed by atoms with Crippen LogP contribution in [-0.2, 0) is 11.3 Å². The number of rotatable bonds is 5. The van der Waals surface area contributed by atoms with Crippen LogP contribution in [0.5, 0.6) is 5.88 Å². The van der Waals surface area contributed by atoms with Crippen LogP contribution in [0.2, 0.25) is 0 Å². The molecule has 0 N–H and O–H groups in total. The number of methoxy groups -OCH3 is 1. The number of nitrogens with zero attached hydrogens (tertiary/aromatic N) is 5. The van der Waals surface area contributed by atoms with Crippen molar-refractivity contribution in [2.45, 2.75) is 51.4 Å². The number of hydrogen-bond donors (Lipinski definition) is 0. The number of likely N-dealkylation sites (tertiary alicyclic amines) is 1. The maximum absolute atomic E-state index is 13.0. The van der Waals surface area contributed by atoms with Crippen molar-refractivity contribution in [2.24, 2.45) is 0 Å². The average molecular weight is 440 g/mol.